The van der Waals surface area contributed by atoms with Crippen LogP contribution in [0.2, 0.25) is 0 Å². The summed E-state index contributed by atoms with van der Waals surface area (Å²) in [5.74, 6) is -0.541. The fourth-order valence-electron chi connectivity index (χ4n) is 7.58. The van der Waals surface area contributed by atoms with Gasteiger partial charge in [-0.05, 0) is 64.7 Å². The van der Waals surface area contributed by atoms with E-state index in [0.29, 0.717) is 64.5 Å². The van der Waals surface area contributed by atoms with Crippen molar-refractivity contribution >= 4 is 35.2 Å². The maximum Gasteiger partial charge on any atom is 0.416 e. The molecule has 0 radical (unpaired) electrons. The maximum atomic E-state index is 14.7. The smallest absolute Gasteiger partial charge is 0.395 e. The first kappa shape index (κ1) is 42.9. The number of alkyl halides is 3. The number of aliphatic hydroxyl groups is 1. The van der Waals surface area contributed by atoms with Crippen molar-refractivity contribution < 1.29 is 32.7 Å². The highest BCUT2D eigenvalue weighted by Gasteiger charge is 2.34. The molecule has 4 aromatic carbocycles. The molecule has 13 heteroatoms. The predicted molar refractivity (Wildman–Crippen MR) is 225 cm³/mol. The van der Waals surface area contributed by atoms with E-state index in [4.69, 9.17) is 0 Å². The van der Waals surface area contributed by atoms with Crippen LogP contribution in [0.1, 0.15) is 34.7 Å². The minimum absolute atomic E-state index is 0.0592. The number of benzene rings is 4. The molecule has 4 aromatic rings. The van der Waals surface area contributed by atoms with Gasteiger partial charge in [0.25, 0.3) is 0 Å². The van der Waals surface area contributed by atoms with Gasteiger partial charge in [-0.25, -0.2) is 0 Å². The van der Waals surface area contributed by atoms with Gasteiger partial charge in [0.05, 0.1) is 12.2 Å². The molecule has 1 N–H and O–H groups in total. The lowest BCUT2D eigenvalue weighted by molar-refractivity contribution is -0.145. The van der Waals surface area contributed by atoms with Crippen molar-refractivity contribution in [2.75, 3.05) is 82.4 Å². The third-order valence-electron chi connectivity index (χ3n) is 11.2. The highest BCUT2D eigenvalue weighted by atomic mass is 19.4. The minimum Gasteiger partial charge on any atom is -0.395 e. The summed E-state index contributed by atoms with van der Waals surface area (Å²) in [4.78, 5) is 52.7. The van der Waals surface area contributed by atoms with Gasteiger partial charge in [0.2, 0.25) is 17.7 Å². The molecular formula is C46H53F3N6O4. The van der Waals surface area contributed by atoms with E-state index in [-0.39, 0.29) is 31.4 Å². The fourth-order valence-corrected chi connectivity index (χ4v) is 7.58. The lowest BCUT2D eigenvalue weighted by Gasteiger charge is -2.39. The molecule has 0 bridgehead atoms. The van der Waals surface area contributed by atoms with Crippen molar-refractivity contribution in [3.63, 3.8) is 0 Å². The normalized spacial score (nSPS) is 15.7. The highest BCUT2D eigenvalue weighted by Crippen LogP contribution is 2.29. The maximum absolute atomic E-state index is 14.7. The molecule has 2 saturated heterocycles. The van der Waals surface area contributed by atoms with Gasteiger partial charge in [0.15, 0.2) is 0 Å². The van der Waals surface area contributed by atoms with Crippen molar-refractivity contribution in [1.82, 2.24) is 19.6 Å². The number of hydrogen-bond acceptors (Lipinski definition) is 7. The Bertz CT molecular complexity index is 2010. The van der Waals surface area contributed by atoms with Crippen LogP contribution in [-0.4, -0.2) is 121 Å². The van der Waals surface area contributed by atoms with Gasteiger partial charge in [0, 0.05) is 110 Å². The summed E-state index contributed by atoms with van der Waals surface area (Å²) in [5, 5.41) is 9.29. The number of hydrogen-bond donors (Lipinski definition) is 1. The SMILES string of the molecule is CC(=O)N1CCN(c2ccc(CN(C(=O)C=Cc3ccc(C(F)(F)F)cc3)[C@@H](Cc3ccccc3)C(=O)N3CCN(Cc4ccc(N(C)CCO)cc4)CC3)cc2)CC1. The Kier molecular flexibility index (Phi) is 14.5. The summed E-state index contributed by atoms with van der Waals surface area (Å²) in [6.07, 6.45) is -1.39. The topological polar surface area (TPSA) is 90.9 Å². The lowest BCUT2D eigenvalue weighted by atomic mass is 10.0. The third-order valence-corrected chi connectivity index (χ3v) is 11.2. The molecule has 0 spiro atoms. The van der Waals surface area contributed by atoms with Crippen LogP contribution < -0.4 is 9.80 Å². The van der Waals surface area contributed by atoms with Gasteiger partial charge in [-0.3, -0.25) is 19.3 Å². The molecule has 0 saturated carbocycles. The zero-order chi connectivity index (χ0) is 41.9. The van der Waals surface area contributed by atoms with Crippen LogP contribution in [0.15, 0.2) is 109 Å². The Balaban J connectivity index is 1.22. The van der Waals surface area contributed by atoms with E-state index in [1.54, 1.807) is 11.8 Å². The molecule has 59 heavy (non-hydrogen) atoms. The second-order valence-corrected chi connectivity index (χ2v) is 15.2. The van der Waals surface area contributed by atoms with Gasteiger partial charge in [-0.2, -0.15) is 13.2 Å². The Hall–Kier alpha value is -5.66. The van der Waals surface area contributed by atoms with Crippen LogP contribution in [0, 0.1) is 0 Å². The second kappa shape index (κ2) is 19.9. The summed E-state index contributed by atoms with van der Waals surface area (Å²) in [5.41, 5.74) is 4.52. The average molecular weight is 811 g/mol. The van der Waals surface area contributed by atoms with Gasteiger partial charge >= 0.3 is 6.18 Å². The van der Waals surface area contributed by atoms with E-state index >= 15 is 0 Å². The lowest BCUT2D eigenvalue weighted by Crippen LogP contribution is -2.56. The van der Waals surface area contributed by atoms with E-state index < -0.39 is 23.7 Å². The van der Waals surface area contributed by atoms with Crippen LogP contribution in [0.5, 0.6) is 0 Å². The van der Waals surface area contributed by atoms with Crippen molar-refractivity contribution in [2.45, 2.75) is 38.7 Å². The van der Waals surface area contributed by atoms with Crippen molar-refractivity contribution in [1.29, 1.82) is 0 Å². The van der Waals surface area contributed by atoms with Crippen LogP contribution in [0.4, 0.5) is 24.5 Å². The zero-order valence-corrected chi connectivity index (χ0v) is 33.7. The molecule has 6 rings (SSSR count). The third kappa shape index (κ3) is 11.7. The molecule has 312 valence electrons. The predicted octanol–water partition coefficient (Wildman–Crippen LogP) is 5.80. The summed E-state index contributed by atoms with van der Waals surface area (Å²) in [7, 11) is 1.94. The fraction of sp³-hybridized carbons (Fsp3) is 0.370. The number of rotatable bonds is 14. The van der Waals surface area contributed by atoms with Gasteiger partial charge < -0.3 is 29.6 Å². The number of anilines is 2. The molecule has 10 nitrogen and oxygen atoms in total. The number of halogens is 3. The molecular weight excluding hydrogens is 758 g/mol. The Labute approximate surface area is 344 Å². The summed E-state index contributed by atoms with van der Waals surface area (Å²) < 4.78 is 39.8. The quantitative estimate of drug-likeness (QED) is 0.161. The number of amides is 3. The van der Waals surface area contributed by atoms with Crippen molar-refractivity contribution in [3.05, 3.63) is 137 Å². The molecule has 2 fully saturated rings. The molecule has 0 aromatic heterocycles. The number of carbonyl (C=O) groups excluding carboxylic acids is 3. The van der Waals surface area contributed by atoms with Crippen LogP contribution in [0.3, 0.4) is 0 Å². The standard InChI is InChI=1S/C46H53F3N6O4/c1-35(57)52-26-28-53(29-27-52)42-19-12-39(13-20-42)34-55(44(58)21-14-36-8-15-40(16-9-36)46(47,48)49)43(32-37-6-4-3-5-7-37)45(59)54-24-22-51(23-25-54)33-38-10-17-41(18-11-38)50(2)30-31-56/h3-21,43,56H,22-34H2,1-2H3/t43-/m0/s1. The number of carbonyl (C=O) groups is 3. The first-order valence-electron chi connectivity index (χ1n) is 20.1. The minimum atomic E-state index is -4.48. The van der Waals surface area contributed by atoms with E-state index in [0.717, 1.165) is 46.7 Å². The second-order valence-electron chi connectivity index (χ2n) is 15.2. The first-order chi connectivity index (χ1) is 28.4. The summed E-state index contributed by atoms with van der Waals surface area (Å²) >= 11 is 0. The Morgan fingerprint density at radius 3 is 1.95 bits per heavy atom. The molecule has 2 heterocycles. The van der Waals surface area contributed by atoms with Gasteiger partial charge in [-0.15, -0.1) is 0 Å². The Morgan fingerprint density at radius 2 is 1.36 bits per heavy atom. The van der Waals surface area contributed by atoms with E-state index in [1.165, 1.54) is 24.3 Å². The largest absolute Gasteiger partial charge is 0.416 e. The number of piperazine rings is 2. The van der Waals surface area contributed by atoms with Crippen LogP contribution in [-0.2, 0) is 40.1 Å². The average Bonchev–Trinajstić information content (AvgIpc) is 3.25. The first-order valence-corrected chi connectivity index (χ1v) is 20.1. The summed E-state index contributed by atoms with van der Waals surface area (Å²) in [6, 6.07) is 29.5. The monoisotopic (exact) mass is 810 g/mol. The molecule has 2 aliphatic rings. The molecule has 0 unspecified atom stereocenters. The molecule has 0 aliphatic carbocycles. The molecule has 2 aliphatic heterocycles. The Morgan fingerprint density at radius 1 is 0.746 bits per heavy atom. The van der Waals surface area contributed by atoms with E-state index in [1.807, 2.05) is 88.5 Å². The van der Waals surface area contributed by atoms with Crippen LogP contribution in [0.25, 0.3) is 6.08 Å². The van der Waals surface area contributed by atoms with E-state index in [2.05, 4.69) is 21.9 Å². The van der Waals surface area contributed by atoms with E-state index in [9.17, 15) is 32.7 Å². The van der Waals surface area contributed by atoms with Gasteiger partial charge in [0.1, 0.15) is 6.04 Å². The van der Waals surface area contributed by atoms with Crippen molar-refractivity contribution in [3.8, 4) is 0 Å². The molecule has 3 amide bonds. The zero-order valence-electron chi connectivity index (χ0n) is 33.7. The van der Waals surface area contributed by atoms with Crippen molar-refractivity contribution in [2.24, 2.45) is 0 Å². The number of likely N-dealkylation sites (N-methyl/N-ethyl adjacent to an activating group) is 1. The molecule has 1 atom stereocenters. The number of aliphatic hydroxyl groups excluding tert-OH is 1. The van der Waals surface area contributed by atoms with Crippen LogP contribution >= 0.6 is 0 Å². The summed E-state index contributed by atoms with van der Waals surface area (Å²) in [6.45, 7) is 8.01. The number of nitrogens with zero attached hydrogens (tertiary/aromatic N) is 6. The highest BCUT2D eigenvalue weighted by molar-refractivity contribution is 5.96. The van der Waals surface area contributed by atoms with Gasteiger partial charge in [-0.1, -0.05) is 66.7 Å².